The average molecular weight is 624 g/mol. The van der Waals surface area contributed by atoms with Gasteiger partial charge in [-0.05, 0) is 73.9 Å². The standard InChI is InChI=1S/C24H22O5.C14H15N.ClH/c1-15-4-8-18(9-5-15)23(26)28-21-13-12-20(17(3)25)14-22(21)29-24(27)19-10-6-16(2)7-11-19;1-3-7-13(8-4-1)11-15-12-14-9-5-2-6-10-14;/h4-14,17,25H,1-3H3;1-10,15H,11-12H2;1H. The minimum Gasteiger partial charge on any atom is -0.419 e. The molecule has 0 aliphatic heterocycles. The first-order valence-electron chi connectivity index (χ1n) is 14.5. The summed E-state index contributed by atoms with van der Waals surface area (Å²) in [6.07, 6.45) is -0.770. The van der Waals surface area contributed by atoms with Crippen molar-refractivity contribution >= 4 is 24.3 Å². The normalized spacial score (nSPS) is 10.8. The molecule has 6 nitrogen and oxygen atoms in total. The fourth-order valence-corrected chi connectivity index (χ4v) is 4.19. The Morgan fingerprint density at radius 2 is 1.04 bits per heavy atom. The predicted octanol–water partition coefficient (Wildman–Crippen LogP) is 8.19. The zero-order chi connectivity index (χ0) is 31.3. The SMILES string of the molecule is Cc1ccc(C(=O)Oc2ccc(C(C)O)cc2OC(=O)c2ccc(C)cc2)cc1.Cl.c1ccc(CNCc2ccccc2)cc1. The van der Waals surface area contributed by atoms with Crippen molar-refractivity contribution in [2.45, 2.75) is 40.0 Å². The highest BCUT2D eigenvalue weighted by atomic mass is 35.5. The van der Waals surface area contributed by atoms with E-state index in [9.17, 15) is 14.7 Å². The minimum atomic E-state index is -0.770. The van der Waals surface area contributed by atoms with Gasteiger partial charge in [0.2, 0.25) is 0 Å². The smallest absolute Gasteiger partial charge is 0.343 e. The van der Waals surface area contributed by atoms with Crippen molar-refractivity contribution in [1.29, 1.82) is 0 Å². The van der Waals surface area contributed by atoms with Gasteiger partial charge in [-0.15, -0.1) is 12.4 Å². The summed E-state index contributed by atoms with van der Waals surface area (Å²) in [6.45, 7) is 7.29. The highest BCUT2D eigenvalue weighted by molar-refractivity contribution is 5.93. The summed E-state index contributed by atoms with van der Waals surface area (Å²) in [5, 5.41) is 13.3. The molecule has 7 heteroatoms. The molecular weight excluding hydrogens is 586 g/mol. The van der Waals surface area contributed by atoms with Gasteiger partial charge in [0.1, 0.15) is 0 Å². The lowest BCUT2D eigenvalue weighted by molar-refractivity contribution is 0.0681. The number of carbonyl (C=O) groups is 2. The van der Waals surface area contributed by atoms with Crippen LogP contribution in [0.1, 0.15) is 61.6 Å². The summed E-state index contributed by atoms with van der Waals surface area (Å²) in [5.41, 5.74) is 5.98. The maximum atomic E-state index is 12.5. The zero-order valence-electron chi connectivity index (χ0n) is 25.6. The Morgan fingerprint density at radius 1 is 0.622 bits per heavy atom. The molecule has 0 spiro atoms. The van der Waals surface area contributed by atoms with Gasteiger partial charge in [0.05, 0.1) is 17.2 Å². The van der Waals surface area contributed by atoms with Crippen LogP contribution in [0.4, 0.5) is 0 Å². The number of nitrogens with one attached hydrogen (secondary N) is 1. The maximum absolute atomic E-state index is 12.5. The number of aliphatic hydroxyl groups excluding tert-OH is 1. The fourth-order valence-electron chi connectivity index (χ4n) is 4.19. The number of carbonyl (C=O) groups excluding carboxylic acids is 2. The summed E-state index contributed by atoms with van der Waals surface area (Å²) >= 11 is 0. The molecule has 0 amide bonds. The van der Waals surface area contributed by atoms with Crippen molar-refractivity contribution in [3.63, 3.8) is 0 Å². The average Bonchev–Trinajstić information content (AvgIpc) is 3.04. The molecule has 0 aliphatic rings. The Labute approximate surface area is 271 Å². The van der Waals surface area contributed by atoms with Gasteiger partial charge in [-0.25, -0.2) is 9.59 Å². The van der Waals surface area contributed by atoms with E-state index in [-0.39, 0.29) is 23.9 Å². The molecule has 0 radical (unpaired) electrons. The summed E-state index contributed by atoms with van der Waals surface area (Å²) in [7, 11) is 0. The van der Waals surface area contributed by atoms with Crippen molar-refractivity contribution in [2.24, 2.45) is 0 Å². The van der Waals surface area contributed by atoms with Crippen LogP contribution in [0.15, 0.2) is 127 Å². The van der Waals surface area contributed by atoms with Crippen molar-refractivity contribution in [3.05, 3.63) is 166 Å². The largest absolute Gasteiger partial charge is 0.419 e. The van der Waals surface area contributed by atoms with Crippen LogP contribution in [0, 0.1) is 13.8 Å². The second-order valence-electron chi connectivity index (χ2n) is 10.5. The van der Waals surface area contributed by atoms with Crippen LogP contribution < -0.4 is 14.8 Å². The Balaban J connectivity index is 0.000000290. The van der Waals surface area contributed by atoms with Crippen molar-refractivity contribution in [2.75, 3.05) is 0 Å². The van der Waals surface area contributed by atoms with Crippen LogP contribution in [-0.2, 0) is 13.1 Å². The molecule has 0 bridgehead atoms. The first-order chi connectivity index (χ1) is 21.3. The highest BCUT2D eigenvalue weighted by Gasteiger charge is 2.18. The summed E-state index contributed by atoms with van der Waals surface area (Å²) < 4.78 is 11.0. The number of rotatable bonds is 9. The molecular formula is C38H38ClNO5. The Kier molecular flexibility index (Phi) is 13.5. The Hall–Kier alpha value is -4.75. The van der Waals surface area contributed by atoms with Gasteiger partial charge in [-0.1, -0.05) is 102 Å². The molecule has 2 N–H and O–H groups in total. The molecule has 0 aromatic heterocycles. The topological polar surface area (TPSA) is 84.9 Å². The third-order valence-corrected chi connectivity index (χ3v) is 6.77. The molecule has 0 saturated carbocycles. The summed E-state index contributed by atoms with van der Waals surface area (Å²) in [6, 6.07) is 39.4. The van der Waals surface area contributed by atoms with Gasteiger partial charge in [0, 0.05) is 13.1 Å². The van der Waals surface area contributed by atoms with Crippen LogP contribution in [0.2, 0.25) is 0 Å². The number of aryl methyl sites for hydroxylation is 2. The molecule has 1 atom stereocenters. The molecule has 0 heterocycles. The van der Waals surface area contributed by atoms with Crippen LogP contribution >= 0.6 is 12.4 Å². The molecule has 0 fully saturated rings. The molecule has 5 rings (SSSR count). The lowest BCUT2D eigenvalue weighted by Gasteiger charge is -2.13. The van der Waals surface area contributed by atoms with Crippen LogP contribution in [-0.4, -0.2) is 17.0 Å². The lowest BCUT2D eigenvalue weighted by atomic mass is 10.1. The van der Waals surface area contributed by atoms with Gasteiger partial charge in [0.15, 0.2) is 11.5 Å². The van der Waals surface area contributed by atoms with E-state index in [0.717, 1.165) is 24.2 Å². The van der Waals surface area contributed by atoms with Gasteiger partial charge >= 0.3 is 11.9 Å². The third kappa shape index (κ3) is 11.0. The van der Waals surface area contributed by atoms with E-state index in [2.05, 4.69) is 53.8 Å². The molecule has 45 heavy (non-hydrogen) atoms. The Morgan fingerprint density at radius 3 is 1.47 bits per heavy atom. The van der Waals surface area contributed by atoms with Crippen LogP contribution in [0.25, 0.3) is 0 Å². The van der Waals surface area contributed by atoms with E-state index in [1.54, 1.807) is 49.4 Å². The number of hydrogen-bond acceptors (Lipinski definition) is 6. The van der Waals surface area contributed by atoms with Crippen LogP contribution in [0.3, 0.4) is 0 Å². The maximum Gasteiger partial charge on any atom is 0.343 e. The Bertz CT molecular complexity index is 1600. The second kappa shape index (κ2) is 17.5. The van der Waals surface area contributed by atoms with E-state index >= 15 is 0 Å². The van der Waals surface area contributed by atoms with Gasteiger partial charge in [-0.3, -0.25) is 0 Å². The monoisotopic (exact) mass is 623 g/mol. The number of ether oxygens (including phenoxy) is 2. The molecule has 0 saturated heterocycles. The predicted molar refractivity (Wildman–Crippen MR) is 180 cm³/mol. The first kappa shape index (κ1) is 34.7. The number of esters is 2. The van der Waals surface area contributed by atoms with Crippen molar-refractivity contribution in [3.8, 4) is 11.5 Å². The van der Waals surface area contributed by atoms with E-state index in [0.29, 0.717) is 16.7 Å². The lowest BCUT2D eigenvalue weighted by Crippen LogP contribution is -2.13. The number of hydrogen-bond donors (Lipinski definition) is 2. The van der Waals surface area contributed by atoms with E-state index in [1.165, 1.54) is 23.3 Å². The van der Waals surface area contributed by atoms with Gasteiger partial charge < -0.3 is 19.9 Å². The molecule has 0 aliphatic carbocycles. The van der Waals surface area contributed by atoms with E-state index in [1.807, 2.05) is 38.1 Å². The quantitative estimate of drug-likeness (QED) is 0.127. The first-order valence-corrected chi connectivity index (χ1v) is 14.5. The third-order valence-electron chi connectivity index (χ3n) is 6.77. The molecule has 5 aromatic rings. The van der Waals surface area contributed by atoms with Gasteiger partial charge in [-0.2, -0.15) is 0 Å². The fraction of sp³-hybridized carbons (Fsp3) is 0.158. The number of aliphatic hydroxyl groups is 1. The van der Waals surface area contributed by atoms with Crippen LogP contribution in [0.5, 0.6) is 11.5 Å². The molecule has 1 unspecified atom stereocenters. The van der Waals surface area contributed by atoms with Crippen molar-refractivity contribution < 1.29 is 24.2 Å². The second-order valence-corrected chi connectivity index (χ2v) is 10.5. The summed E-state index contributed by atoms with van der Waals surface area (Å²) in [4.78, 5) is 25.0. The number of halogens is 1. The van der Waals surface area contributed by atoms with E-state index < -0.39 is 18.0 Å². The highest BCUT2D eigenvalue weighted by Crippen LogP contribution is 2.32. The molecule has 5 aromatic carbocycles. The number of benzene rings is 5. The zero-order valence-corrected chi connectivity index (χ0v) is 26.4. The molecule has 232 valence electrons. The minimum absolute atomic E-state index is 0. The van der Waals surface area contributed by atoms with Gasteiger partial charge in [0.25, 0.3) is 0 Å². The van der Waals surface area contributed by atoms with Crippen molar-refractivity contribution in [1.82, 2.24) is 5.32 Å². The summed E-state index contributed by atoms with van der Waals surface area (Å²) in [5.74, 6) is -0.988. The van der Waals surface area contributed by atoms with E-state index in [4.69, 9.17) is 9.47 Å².